The van der Waals surface area contributed by atoms with Gasteiger partial charge in [-0.25, -0.2) is 8.42 Å². The van der Waals surface area contributed by atoms with Gasteiger partial charge in [0, 0.05) is 20.1 Å². The highest BCUT2D eigenvalue weighted by molar-refractivity contribution is 7.92. The molecule has 24 heavy (non-hydrogen) atoms. The normalized spacial score (nSPS) is 12.9. The van der Waals surface area contributed by atoms with E-state index in [0.29, 0.717) is 32.3 Å². The van der Waals surface area contributed by atoms with E-state index in [4.69, 9.17) is 4.74 Å². The van der Waals surface area contributed by atoms with Gasteiger partial charge in [0.1, 0.15) is 0 Å². The van der Waals surface area contributed by atoms with Gasteiger partial charge >= 0.3 is 0 Å². The van der Waals surface area contributed by atoms with Crippen LogP contribution in [0.2, 0.25) is 0 Å². The summed E-state index contributed by atoms with van der Waals surface area (Å²) < 4.78 is 28.9. The Kier molecular flexibility index (Phi) is 8.21. The van der Waals surface area contributed by atoms with Gasteiger partial charge in [-0.15, -0.1) is 0 Å². The zero-order valence-corrected chi connectivity index (χ0v) is 15.8. The first kappa shape index (κ1) is 20.4. The summed E-state index contributed by atoms with van der Waals surface area (Å²) in [7, 11) is -1.48. The van der Waals surface area contributed by atoms with Crippen molar-refractivity contribution in [3.63, 3.8) is 0 Å². The van der Waals surface area contributed by atoms with E-state index in [1.54, 1.807) is 27.8 Å². The highest BCUT2D eigenvalue weighted by atomic mass is 32.2. The van der Waals surface area contributed by atoms with Gasteiger partial charge in [0.15, 0.2) is 15.8 Å². The summed E-state index contributed by atoms with van der Waals surface area (Å²) in [5, 5.41) is 6.11. The zero-order chi connectivity index (χ0) is 18.1. The number of hydrogen-bond acceptors (Lipinski definition) is 4. The molecule has 1 aromatic rings. The van der Waals surface area contributed by atoms with E-state index in [0.717, 1.165) is 5.56 Å². The van der Waals surface area contributed by atoms with Gasteiger partial charge in [0.05, 0.1) is 23.7 Å². The second-order valence-corrected chi connectivity index (χ2v) is 9.26. The van der Waals surface area contributed by atoms with Crippen molar-refractivity contribution in [2.75, 3.05) is 32.5 Å². The van der Waals surface area contributed by atoms with E-state index >= 15 is 0 Å². The van der Waals surface area contributed by atoms with Crippen LogP contribution in [0.5, 0.6) is 0 Å². The van der Waals surface area contributed by atoms with Gasteiger partial charge in [-0.05, 0) is 26.3 Å². The number of nitrogens with one attached hydrogen (secondary N) is 2. The molecule has 0 saturated heterocycles. The minimum atomic E-state index is -3.13. The molecule has 0 heterocycles. The molecule has 0 saturated carbocycles. The van der Waals surface area contributed by atoms with Gasteiger partial charge in [-0.2, -0.15) is 0 Å². The van der Waals surface area contributed by atoms with Crippen LogP contribution in [-0.2, 0) is 21.2 Å². The molecule has 0 aliphatic rings. The van der Waals surface area contributed by atoms with Crippen LogP contribution in [0.1, 0.15) is 26.3 Å². The number of rotatable bonds is 8. The topological polar surface area (TPSA) is 79.8 Å². The van der Waals surface area contributed by atoms with Gasteiger partial charge < -0.3 is 15.4 Å². The Hall–Kier alpha value is -1.60. The van der Waals surface area contributed by atoms with Crippen molar-refractivity contribution >= 4 is 15.8 Å². The lowest BCUT2D eigenvalue weighted by molar-refractivity contribution is 0.125. The van der Waals surface area contributed by atoms with Gasteiger partial charge in [0.2, 0.25) is 0 Å². The molecule has 6 nitrogen and oxygen atoms in total. The highest BCUT2D eigenvalue weighted by Crippen LogP contribution is 2.15. The molecule has 7 heteroatoms. The standard InChI is InChI=1S/C17H29N3O3S/c1-17(2,3)24(21,22)13-11-20-16(18-4)19-10-12-23-14-15-8-6-5-7-9-15/h5-9H,10-14H2,1-4H3,(H2,18,19,20). The maximum absolute atomic E-state index is 12.0. The van der Waals surface area contributed by atoms with Crippen molar-refractivity contribution in [1.82, 2.24) is 10.6 Å². The van der Waals surface area contributed by atoms with E-state index in [9.17, 15) is 8.42 Å². The number of guanidine groups is 1. The van der Waals surface area contributed by atoms with Crippen LogP contribution in [0.15, 0.2) is 35.3 Å². The Bertz CT molecular complexity index is 608. The molecule has 0 atom stereocenters. The smallest absolute Gasteiger partial charge is 0.191 e. The summed E-state index contributed by atoms with van der Waals surface area (Å²) in [6.45, 7) is 7.15. The largest absolute Gasteiger partial charge is 0.375 e. The van der Waals surface area contributed by atoms with Gasteiger partial charge in [-0.1, -0.05) is 30.3 Å². The molecule has 2 N–H and O–H groups in total. The fraction of sp³-hybridized carbons (Fsp3) is 0.588. The first-order chi connectivity index (χ1) is 11.3. The van der Waals surface area contributed by atoms with Crippen molar-refractivity contribution in [1.29, 1.82) is 0 Å². The number of ether oxygens (including phenoxy) is 1. The number of nitrogens with zero attached hydrogens (tertiary/aromatic N) is 1. The van der Waals surface area contributed by atoms with Crippen molar-refractivity contribution in [3.05, 3.63) is 35.9 Å². The minimum Gasteiger partial charge on any atom is -0.375 e. The predicted molar refractivity (Wildman–Crippen MR) is 99.0 cm³/mol. The summed E-state index contributed by atoms with van der Waals surface area (Å²) >= 11 is 0. The van der Waals surface area contributed by atoms with Gasteiger partial charge in [-0.3, -0.25) is 4.99 Å². The molecule has 136 valence electrons. The van der Waals surface area contributed by atoms with Crippen LogP contribution in [0.3, 0.4) is 0 Å². The molecule has 0 bridgehead atoms. The van der Waals surface area contributed by atoms with Crippen molar-refractivity contribution < 1.29 is 13.2 Å². The third-order valence-electron chi connectivity index (χ3n) is 3.47. The lowest BCUT2D eigenvalue weighted by atomic mass is 10.2. The number of aliphatic imine (C=N–C) groups is 1. The summed E-state index contributed by atoms with van der Waals surface area (Å²) in [5.41, 5.74) is 1.13. The number of benzene rings is 1. The maximum Gasteiger partial charge on any atom is 0.191 e. The first-order valence-corrected chi connectivity index (χ1v) is 9.70. The Balaban J connectivity index is 2.21. The molecule has 0 radical (unpaired) electrons. The molecule has 0 spiro atoms. The predicted octanol–water partition coefficient (Wildman–Crippen LogP) is 1.58. The lowest BCUT2D eigenvalue weighted by Crippen LogP contribution is -2.42. The van der Waals surface area contributed by atoms with E-state index in [1.165, 1.54) is 0 Å². The quantitative estimate of drug-likeness (QED) is 0.420. The zero-order valence-electron chi connectivity index (χ0n) is 15.0. The van der Waals surface area contributed by atoms with E-state index in [-0.39, 0.29) is 5.75 Å². The van der Waals surface area contributed by atoms with Crippen LogP contribution >= 0.6 is 0 Å². The maximum atomic E-state index is 12.0. The molecular weight excluding hydrogens is 326 g/mol. The Labute approximate surface area is 145 Å². The Morgan fingerprint density at radius 3 is 2.33 bits per heavy atom. The molecule has 0 aliphatic heterocycles. The summed E-state index contributed by atoms with van der Waals surface area (Å²) in [4.78, 5) is 4.07. The molecule has 0 aromatic heterocycles. The van der Waals surface area contributed by atoms with Crippen LogP contribution in [0.4, 0.5) is 0 Å². The monoisotopic (exact) mass is 355 g/mol. The van der Waals surface area contributed by atoms with Crippen molar-refractivity contribution in [2.24, 2.45) is 4.99 Å². The molecule has 1 rings (SSSR count). The minimum absolute atomic E-state index is 0.0711. The lowest BCUT2D eigenvalue weighted by Gasteiger charge is -2.19. The molecule has 0 amide bonds. The Morgan fingerprint density at radius 2 is 1.75 bits per heavy atom. The van der Waals surface area contributed by atoms with Crippen LogP contribution < -0.4 is 10.6 Å². The highest BCUT2D eigenvalue weighted by Gasteiger charge is 2.28. The first-order valence-electron chi connectivity index (χ1n) is 8.05. The Morgan fingerprint density at radius 1 is 1.12 bits per heavy atom. The van der Waals surface area contributed by atoms with E-state index < -0.39 is 14.6 Å². The second kappa shape index (κ2) is 9.64. The second-order valence-electron chi connectivity index (χ2n) is 6.40. The average molecular weight is 356 g/mol. The molecule has 1 aromatic carbocycles. The van der Waals surface area contributed by atoms with Crippen molar-refractivity contribution in [3.8, 4) is 0 Å². The number of sulfone groups is 1. The van der Waals surface area contributed by atoms with E-state index in [2.05, 4.69) is 15.6 Å². The molecule has 0 aliphatic carbocycles. The fourth-order valence-corrected chi connectivity index (χ4v) is 2.82. The summed E-state index contributed by atoms with van der Waals surface area (Å²) in [6, 6.07) is 9.97. The fourth-order valence-electron chi connectivity index (χ4n) is 1.84. The SMILES string of the molecule is CN=C(NCCOCc1ccccc1)NCCS(=O)(=O)C(C)(C)C. The average Bonchev–Trinajstić information content (AvgIpc) is 2.52. The van der Waals surface area contributed by atoms with E-state index in [1.807, 2.05) is 30.3 Å². The van der Waals surface area contributed by atoms with Crippen LogP contribution in [0, 0.1) is 0 Å². The van der Waals surface area contributed by atoms with Crippen molar-refractivity contribution in [2.45, 2.75) is 32.1 Å². The number of hydrogen-bond donors (Lipinski definition) is 2. The summed E-state index contributed by atoms with van der Waals surface area (Å²) in [5.74, 6) is 0.643. The third kappa shape index (κ3) is 7.31. The van der Waals surface area contributed by atoms with Gasteiger partial charge in [0.25, 0.3) is 0 Å². The summed E-state index contributed by atoms with van der Waals surface area (Å²) in [6.07, 6.45) is 0. The van der Waals surface area contributed by atoms with Crippen LogP contribution in [-0.4, -0.2) is 51.6 Å². The van der Waals surface area contributed by atoms with Crippen LogP contribution in [0.25, 0.3) is 0 Å². The molecule has 0 unspecified atom stereocenters. The third-order valence-corrected chi connectivity index (χ3v) is 6.08. The molecule has 0 fully saturated rings. The molecular formula is C17H29N3O3S.